The Balaban J connectivity index is 3.98. The molecule has 0 heterocycles. The van der Waals surface area contributed by atoms with Crippen LogP contribution in [-0.4, -0.2) is 36.6 Å². The molecule has 0 aliphatic carbocycles. The van der Waals surface area contributed by atoms with Crippen LogP contribution in [0.3, 0.4) is 0 Å². The van der Waals surface area contributed by atoms with Crippen LogP contribution in [0.25, 0.3) is 0 Å². The minimum atomic E-state index is -0.751. The lowest BCUT2D eigenvalue weighted by Gasteiger charge is -2.21. The van der Waals surface area contributed by atoms with Gasteiger partial charge in [-0.3, -0.25) is 9.59 Å². The van der Waals surface area contributed by atoms with Crippen molar-refractivity contribution in [3.8, 4) is 0 Å². The maximum Gasteiger partial charge on any atom is 0.303 e. The van der Waals surface area contributed by atoms with Gasteiger partial charge in [-0.2, -0.15) is 0 Å². The van der Waals surface area contributed by atoms with Crippen molar-refractivity contribution < 1.29 is 14.7 Å². The molecule has 0 radical (unpaired) electrons. The summed E-state index contributed by atoms with van der Waals surface area (Å²) in [6, 6.07) is 0. The fraction of sp³-hybridized carbons (Fsp3) is 0.867. The SMILES string of the molecule is CCNCC(C)C(=O)NCCC(CCC(=O)O)C(C)C. The Labute approximate surface area is 122 Å². The number of carboxylic acid groups (broad SMARTS) is 1. The number of rotatable bonds is 11. The largest absolute Gasteiger partial charge is 0.481 e. The number of carbonyl (C=O) groups excluding carboxylic acids is 1. The Hall–Kier alpha value is -1.10. The van der Waals surface area contributed by atoms with Crippen LogP contribution in [0.4, 0.5) is 0 Å². The van der Waals surface area contributed by atoms with Gasteiger partial charge in [-0.25, -0.2) is 0 Å². The summed E-state index contributed by atoms with van der Waals surface area (Å²) in [4.78, 5) is 22.4. The normalized spacial score (nSPS) is 14.1. The van der Waals surface area contributed by atoms with Crippen LogP contribution >= 0.6 is 0 Å². The summed E-state index contributed by atoms with van der Waals surface area (Å²) in [5, 5.41) is 14.8. The molecule has 5 heteroatoms. The summed E-state index contributed by atoms with van der Waals surface area (Å²) >= 11 is 0. The minimum Gasteiger partial charge on any atom is -0.481 e. The van der Waals surface area contributed by atoms with E-state index in [0.717, 1.165) is 13.0 Å². The lowest BCUT2D eigenvalue weighted by molar-refractivity contribution is -0.137. The van der Waals surface area contributed by atoms with Crippen LogP contribution in [0.2, 0.25) is 0 Å². The molecule has 0 aromatic heterocycles. The molecule has 2 atom stereocenters. The van der Waals surface area contributed by atoms with E-state index in [1.165, 1.54) is 0 Å². The molecule has 0 spiro atoms. The van der Waals surface area contributed by atoms with E-state index in [4.69, 9.17) is 5.11 Å². The lowest BCUT2D eigenvalue weighted by Crippen LogP contribution is -2.36. The van der Waals surface area contributed by atoms with Crippen LogP contribution in [0.5, 0.6) is 0 Å². The standard InChI is InChI=1S/C15H30N2O3/c1-5-16-10-12(4)15(20)17-9-8-13(11(2)3)6-7-14(18)19/h11-13,16H,5-10H2,1-4H3,(H,17,20)(H,18,19). The quantitative estimate of drug-likeness (QED) is 0.542. The summed E-state index contributed by atoms with van der Waals surface area (Å²) < 4.78 is 0. The molecular weight excluding hydrogens is 256 g/mol. The summed E-state index contributed by atoms with van der Waals surface area (Å²) in [6.07, 6.45) is 1.72. The highest BCUT2D eigenvalue weighted by atomic mass is 16.4. The predicted molar refractivity (Wildman–Crippen MR) is 80.5 cm³/mol. The summed E-state index contributed by atoms with van der Waals surface area (Å²) in [5.41, 5.74) is 0. The molecule has 0 aromatic carbocycles. The van der Waals surface area contributed by atoms with E-state index in [9.17, 15) is 9.59 Å². The van der Waals surface area contributed by atoms with Gasteiger partial charge in [0.05, 0.1) is 0 Å². The fourth-order valence-electron chi connectivity index (χ4n) is 2.13. The molecule has 0 aliphatic rings. The Bertz CT molecular complexity index is 293. The van der Waals surface area contributed by atoms with Crippen LogP contribution in [0.15, 0.2) is 0 Å². The van der Waals surface area contributed by atoms with Crippen LogP contribution in [0, 0.1) is 17.8 Å². The Morgan fingerprint density at radius 1 is 1.15 bits per heavy atom. The first-order chi connectivity index (χ1) is 9.38. The first kappa shape index (κ1) is 18.9. The van der Waals surface area contributed by atoms with Crippen molar-refractivity contribution in [3.63, 3.8) is 0 Å². The summed E-state index contributed by atoms with van der Waals surface area (Å²) in [5.74, 6) is 0.0537. The molecule has 118 valence electrons. The molecule has 0 rings (SSSR count). The number of hydrogen-bond donors (Lipinski definition) is 3. The summed E-state index contributed by atoms with van der Waals surface area (Å²) in [7, 11) is 0. The first-order valence-electron chi connectivity index (χ1n) is 7.58. The van der Waals surface area contributed by atoms with Gasteiger partial charge in [0.15, 0.2) is 0 Å². The van der Waals surface area contributed by atoms with Crippen LogP contribution in [0.1, 0.15) is 47.0 Å². The fourth-order valence-corrected chi connectivity index (χ4v) is 2.13. The Kier molecular flexibility index (Phi) is 10.1. The Morgan fingerprint density at radius 3 is 2.30 bits per heavy atom. The number of hydrogen-bond acceptors (Lipinski definition) is 3. The molecule has 1 amide bonds. The van der Waals surface area contributed by atoms with Crippen molar-refractivity contribution in [2.75, 3.05) is 19.6 Å². The number of aliphatic carboxylic acids is 1. The highest BCUT2D eigenvalue weighted by Crippen LogP contribution is 2.20. The average Bonchev–Trinajstić information content (AvgIpc) is 2.38. The maximum atomic E-state index is 11.8. The van der Waals surface area contributed by atoms with Crippen molar-refractivity contribution in [1.29, 1.82) is 0 Å². The van der Waals surface area contributed by atoms with E-state index in [1.807, 2.05) is 13.8 Å². The molecule has 0 fully saturated rings. The molecule has 0 saturated carbocycles. The number of carboxylic acids is 1. The third-order valence-corrected chi connectivity index (χ3v) is 3.63. The van der Waals surface area contributed by atoms with Crippen LogP contribution in [-0.2, 0) is 9.59 Å². The second kappa shape index (κ2) is 10.7. The third kappa shape index (κ3) is 8.91. The number of nitrogens with one attached hydrogen (secondary N) is 2. The molecule has 0 aromatic rings. The van der Waals surface area contributed by atoms with E-state index in [0.29, 0.717) is 31.3 Å². The monoisotopic (exact) mass is 286 g/mol. The van der Waals surface area contributed by atoms with E-state index < -0.39 is 5.97 Å². The zero-order valence-electron chi connectivity index (χ0n) is 13.2. The predicted octanol–water partition coefficient (Wildman–Crippen LogP) is 1.88. The maximum absolute atomic E-state index is 11.8. The van der Waals surface area contributed by atoms with Gasteiger partial charge >= 0.3 is 5.97 Å². The number of carbonyl (C=O) groups is 2. The van der Waals surface area contributed by atoms with Crippen molar-refractivity contribution in [2.45, 2.75) is 47.0 Å². The minimum absolute atomic E-state index is 0.0357. The van der Waals surface area contributed by atoms with Crippen molar-refractivity contribution in [1.82, 2.24) is 10.6 Å². The van der Waals surface area contributed by atoms with Gasteiger partial charge in [0.2, 0.25) is 5.91 Å². The second-order valence-electron chi connectivity index (χ2n) is 5.72. The van der Waals surface area contributed by atoms with E-state index in [2.05, 4.69) is 24.5 Å². The zero-order valence-corrected chi connectivity index (χ0v) is 13.2. The molecule has 0 saturated heterocycles. The van der Waals surface area contributed by atoms with Gasteiger partial charge in [0.1, 0.15) is 0 Å². The van der Waals surface area contributed by atoms with Gasteiger partial charge in [0, 0.05) is 25.4 Å². The molecule has 2 unspecified atom stereocenters. The number of amides is 1. The summed E-state index contributed by atoms with van der Waals surface area (Å²) in [6.45, 7) is 10.3. The molecule has 20 heavy (non-hydrogen) atoms. The van der Waals surface area contributed by atoms with Crippen molar-refractivity contribution >= 4 is 11.9 Å². The highest BCUT2D eigenvalue weighted by Gasteiger charge is 2.16. The van der Waals surface area contributed by atoms with Gasteiger partial charge < -0.3 is 15.7 Å². The lowest BCUT2D eigenvalue weighted by atomic mass is 9.88. The van der Waals surface area contributed by atoms with Crippen molar-refractivity contribution in [2.24, 2.45) is 17.8 Å². The first-order valence-corrected chi connectivity index (χ1v) is 7.58. The Morgan fingerprint density at radius 2 is 1.80 bits per heavy atom. The second-order valence-corrected chi connectivity index (χ2v) is 5.72. The molecule has 5 nitrogen and oxygen atoms in total. The molecule has 0 aliphatic heterocycles. The molecule has 3 N–H and O–H groups in total. The van der Waals surface area contributed by atoms with E-state index in [1.54, 1.807) is 0 Å². The third-order valence-electron chi connectivity index (χ3n) is 3.63. The van der Waals surface area contributed by atoms with Crippen molar-refractivity contribution in [3.05, 3.63) is 0 Å². The smallest absolute Gasteiger partial charge is 0.303 e. The molecular formula is C15H30N2O3. The highest BCUT2D eigenvalue weighted by molar-refractivity contribution is 5.78. The van der Waals surface area contributed by atoms with Gasteiger partial charge in [-0.15, -0.1) is 0 Å². The van der Waals surface area contributed by atoms with Gasteiger partial charge in [0.25, 0.3) is 0 Å². The topological polar surface area (TPSA) is 78.4 Å². The van der Waals surface area contributed by atoms with Crippen LogP contribution < -0.4 is 10.6 Å². The zero-order chi connectivity index (χ0) is 15.5. The van der Waals surface area contributed by atoms with E-state index >= 15 is 0 Å². The van der Waals surface area contributed by atoms with Gasteiger partial charge in [-0.05, 0) is 31.2 Å². The van der Waals surface area contributed by atoms with Gasteiger partial charge in [-0.1, -0.05) is 27.7 Å². The molecule has 0 bridgehead atoms. The average molecular weight is 286 g/mol. The van der Waals surface area contributed by atoms with E-state index in [-0.39, 0.29) is 18.2 Å².